The number of hydrogen-bond donors (Lipinski definition) is 1. The summed E-state index contributed by atoms with van der Waals surface area (Å²) >= 11 is 0. The smallest absolute Gasteiger partial charge is 0.118 e. The molecule has 2 N–H and O–H groups in total. The number of likely N-dealkylation sites (N-methyl/N-ethyl adjacent to an activating group) is 1. The number of ether oxygens (including phenoxy) is 1. The zero-order chi connectivity index (χ0) is 13.0. The van der Waals surface area contributed by atoms with Crippen LogP contribution in [-0.4, -0.2) is 31.7 Å². The maximum absolute atomic E-state index is 5.67. The van der Waals surface area contributed by atoms with Crippen molar-refractivity contribution in [3.05, 3.63) is 23.2 Å². The molecule has 1 aromatic rings. The van der Waals surface area contributed by atoms with E-state index in [4.69, 9.17) is 14.9 Å². The van der Waals surface area contributed by atoms with Crippen molar-refractivity contribution in [2.45, 2.75) is 32.9 Å². The third-order valence-electron chi connectivity index (χ3n) is 3.39. The van der Waals surface area contributed by atoms with Crippen LogP contribution in [-0.2, 0) is 17.8 Å². The molecule has 0 saturated heterocycles. The first-order chi connectivity index (χ1) is 8.69. The Morgan fingerprint density at radius 3 is 2.89 bits per heavy atom. The Morgan fingerprint density at radius 2 is 2.28 bits per heavy atom. The highest BCUT2D eigenvalue weighted by Gasteiger charge is 2.21. The average Bonchev–Trinajstić information content (AvgIpc) is 3.09. The van der Waals surface area contributed by atoms with Gasteiger partial charge in [-0.3, -0.25) is 4.90 Å². The molecule has 102 valence electrons. The zero-order valence-electron chi connectivity index (χ0n) is 11.4. The minimum atomic E-state index is 0.545. The van der Waals surface area contributed by atoms with Gasteiger partial charge >= 0.3 is 0 Å². The van der Waals surface area contributed by atoms with Crippen molar-refractivity contribution in [2.75, 3.05) is 26.8 Å². The summed E-state index contributed by atoms with van der Waals surface area (Å²) in [6.45, 7) is 5.99. The molecule has 0 bridgehead atoms. The van der Waals surface area contributed by atoms with Gasteiger partial charge in [0.15, 0.2) is 0 Å². The Morgan fingerprint density at radius 1 is 1.50 bits per heavy atom. The molecule has 0 aliphatic heterocycles. The molecule has 18 heavy (non-hydrogen) atoms. The van der Waals surface area contributed by atoms with Gasteiger partial charge in [0.2, 0.25) is 0 Å². The van der Waals surface area contributed by atoms with Gasteiger partial charge in [0, 0.05) is 25.3 Å². The lowest BCUT2D eigenvalue weighted by atomic mass is 10.2. The third-order valence-corrected chi connectivity index (χ3v) is 3.39. The number of aryl methyl sites for hydroxylation is 1. The van der Waals surface area contributed by atoms with Crippen molar-refractivity contribution < 1.29 is 9.15 Å². The largest absolute Gasteiger partial charge is 0.465 e. The van der Waals surface area contributed by atoms with Crippen molar-refractivity contribution in [1.82, 2.24) is 4.90 Å². The molecule has 2 rings (SSSR count). The van der Waals surface area contributed by atoms with Crippen LogP contribution in [0.3, 0.4) is 0 Å². The highest BCUT2D eigenvalue weighted by Crippen LogP contribution is 2.28. The number of nitrogens with zero attached hydrogens (tertiary/aromatic N) is 1. The molecule has 1 aliphatic carbocycles. The predicted octanol–water partition coefficient (Wildman–Crippen LogP) is 1.91. The minimum absolute atomic E-state index is 0.545. The summed E-state index contributed by atoms with van der Waals surface area (Å²) in [6.07, 6.45) is 2.70. The van der Waals surface area contributed by atoms with Crippen LogP contribution in [0.25, 0.3) is 0 Å². The van der Waals surface area contributed by atoms with Gasteiger partial charge < -0.3 is 14.9 Å². The van der Waals surface area contributed by atoms with Crippen LogP contribution in [0.5, 0.6) is 0 Å². The van der Waals surface area contributed by atoms with Crippen LogP contribution in [0, 0.1) is 12.8 Å². The minimum Gasteiger partial charge on any atom is -0.465 e. The number of rotatable bonds is 8. The molecule has 0 spiro atoms. The second-order valence-corrected chi connectivity index (χ2v) is 5.25. The third kappa shape index (κ3) is 4.12. The average molecular weight is 252 g/mol. The molecule has 0 aromatic carbocycles. The highest BCUT2D eigenvalue weighted by molar-refractivity contribution is 5.20. The topological polar surface area (TPSA) is 51.6 Å². The van der Waals surface area contributed by atoms with E-state index < -0.39 is 0 Å². The maximum atomic E-state index is 5.67. The molecule has 1 heterocycles. The molecular formula is C14H24N2O2. The molecule has 0 amide bonds. The fourth-order valence-electron chi connectivity index (χ4n) is 1.97. The van der Waals surface area contributed by atoms with Gasteiger partial charge in [-0.25, -0.2) is 0 Å². The van der Waals surface area contributed by atoms with E-state index in [0.717, 1.165) is 49.3 Å². The van der Waals surface area contributed by atoms with Crippen LogP contribution in [0.4, 0.5) is 0 Å². The first-order valence-electron chi connectivity index (χ1n) is 6.73. The van der Waals surface area contributed by atoms with Crippen molar-refractivity contribution >= 4 is 0 Å². The molecule has 4 nitrogen and oxygen atoms in total. The van der Waals surface area contributed by atoms with E-state index in [0.29, 0.717) is 6.54 Å². The fraction of sp³-hybridized carbons (Fsp3) is 0.714. The zero-order valence-corrected chi connectivity index (χ0v) is 11.4. The van der Waals surface area contributed by atoms with Gasteiger partial charge in [0.25, 0.3) is 0 Å². The number of nitrogens with two attached hydrogens (primary N) is 1. The summed E-state index contributed by atoms with van der Waals surface area (Å²) in [5.74, 6) is 2.76. The van der Waals surface area contributed by atoms with Gasteiger partial charge in [-0.15, -0.1) is 0 Å². The predicted molar refractivity (Wildman–Crippen MR) is 71.2 cm³/mol. The highest BCUT2D eigenvalue weighted by atomic mass is 16.5. The maximum Gasteiger partial charge on any atom is 0.118 e. The van der Waals surface area contributed by atoms with Crippen LogP contribution in [0.1, 0.15) is 29.9 Å². The Labute approximate surface area is 109 Å². The summed E-state index contributed by atoms with van der Waals surface area (Å²) in [5.41, 5.74) is 6.73. The van der Waals surface area contributed by atoms with E-state index >= 15 is 0 Å². The number of furan rings is 1. The summed E-state index contributed by atoms with van der Waals surface area (Å²) in [6, 6.07) is 2.05. The SMILES string of the molecule is Cc1oc(CN(C)CCOCC2CC2)cc1CN. The lowest BCUT2D eigenvalue weighted by molar-refractivity contribution is 0.0999. The van der Waals surface area contributed by atoms with Crippen molar-refractivity contribution in [2.24, 2.45) is 11.7 Å². The van der Waals surface area contributed by atoms with Crippen molar-refractivity contribution in [3.8, 4) is 0 Å². The monoisotopic (exact) mass is 252 g/mol. The molecule has 1 aromatic heterocycles. The van der Waals surface area contributed by atoms with E-state index in [1.165, 1.54) is 12.8 Å². The van der Waals surface area contributed by atoms with E-state index in [1.807, 2.05) is 6.92 Å². The summed E-state index contributed by atoms with van der Waals surface area (Å²) in [4.78, 5) is 2.21. The molecule has 0 unspecified atom stereocenters. The molecule has 0 radical (unpaired) electrons. The van der Waals surface area contributed by atoms with Gasteiger partial charge in [-0.1, -0.05) is 0 Å². The van der Waals surface area contributed by atoms with Crippen LogP contribution in [0.15, 0.2) is 10.5 Å². The fourth-order valence-corrected chi connectivity index (χ4v) is 1.97. The Balaban J connectivity index is 1.66. The summed E-state index contributed by atoms with van der Waals surface area (Å²) in [5, 5.41) is 0. The Hall–Kier alpha value is -0.840. The standard InChI is InChI=1S/C14H24N2O2/c1-11-13(8-15)7-14(18-11)9-16(2)5-6-17-10-12-3-4-12/h7,12H,3-6,8-10,15H2,1-2H3. The van der Waals surface area contributed by atoms with E-state index in [1.54, 1.807) is 0 Å². The molecule has 1 saturated carbocycles. The summed E-state index contributed by atoms with van der Waals surface area (Å²) in [7, 11) is 2.08. The number of hydrogen-bond acceptors (Lipinski definition) is 4. The first-order valence-corrected chi connectivity index (χ1v) is 6.73. The van der Waals surface area contributed by atoms with Gasteiger partial charge in [-0.2, -0.15) is 0 Å². The first kappa shape index (κ1) is 13.6. The normalized spacial score (nSPS) is 15.6. The Kier molecular flexibility index (Phi) is 4.80. The van der Waals surface area contributed by atoms with E-state index in [2.05, 4.69) is 18.0 Å². The quantitative estimate of drug-likeness (QED) is 0.718. The van der Waals surface area contributed by atoms with Gasteiger partial charge in [0.1, 0.15) is 11.5 Å². The molecule has 0 atom stereocenters. The van der Waals surface area contributed by atoms with Crippen LogP contribution in [0.2, 0.25) is 0 Å². The van der Waals surface area contributed by atoms with Crippen LogP contribution >= 0.6 is 0 Å². The van der Waals surface area contributed by atoms with Crippen LogP contribution < -0.4 is 5.73 Å². The second kappa shape index (κ2) is 6.36. The molecule has 1 fully saturated rings. The molecule has 4 heteroatoms. The van der Waals surface area contributed by atoms with Crippen molar-refractivity contribution in [1.29, 1.82) is 0 Å². The second-order valence-electron chi connectivity index (χ2n) is 5.25. The lowest BCUT2D eigenvalue weighted by Gasteiger charge is -2.14. The van der Waals surface area contributed by atoms with Gasteiger partial charge in [0.05, 0.1) is 13.2 Å². The molecule has 1 aliphatic rings. The van der Waals surface area contributed by atoms with Gasteiger partial charge in [-0.05, 0) is 38.8 Å². The van der Waals surface area contributed by atoms with E-state index in [9.17, 15) is 0 Å². The van der Waals surface area contributed by atoms with Crippen molar-refractivity contribution in [3.63, 3.8) is 0 Å². The Bertz CT molecular complexity index is 372. The molecular weight excluding hydrogens is 228 g/mol. The summed E-state index contributed by atoms with van der Waals surface area (Å²) < 4.78 is 11.3. The lowest BCUT2D eigenvalue weighted by Crippen LogP contribution is -2.22. The van der Waals surface area contributed by atoms with E-state index in [-0.39, 0.29) is 0 Å².